The fourth-order valence-corrected chi connectivity index (χ4v) is 2.05. The molecule has 0 saturated heterocycles. The van der Waals surface area contributed by atoms with Crippen LogP contribution in [0.5, 0.6) is 5.75 Å². The predicted octanol–water partition coefficient (Wildman–Crippen LogP) is 1.99. The van der Waals surface area contributed by atoms with E-state index in [0.29, 0.717) is 11.4 Å². The van der Waals surface area contributed by atoms with Gasteiger partial charge in [-0.15, -0.1) is 0 Å². The molecule has 0 spiro atoms. The molecule has 2 N–H and O–H groups in total. The highest BCUT2D eigenvalue weighted by molar-refractivity contribution is 5.96. The Morgan fingerprint density at radius 3 is 2.39 bits per heavy atom. The fraction of sp³-hybridized carbons (Fsp3) is 0.294. The van der Waals surface area contributed by atoms with Crippen LogP contribution in [-0.2, 0) is 11.8 Å². The Balaban J connectivity index is 2.12. The van der Waals surface area contributed by atoms with Crippen molar-refractivity contribution in [3.8, 4) is 5.75 Å². The lowest BCUT2D eigenvalue weighted by molar-refractivity contribution is -0.145. The minimum absolute atomic E-state index is 0.179. The predicted molar refractivity (Wildman–Crippen MR) is 85.6 cm³/mol. The number of carbonyl (C=O) groups is 2. The van der Waals surface area contributed by atoms with Crippen LogP contribution in [0.25, 0.3) is 0 Å². The second-order valence-electron chi connectivity index (χ2n) is 5.61. The molecule has 0 aliphatic rings. The summed E-state index contributed by atoms with van der Waals surface area (Å²) in [6.07, 6.45) is 0. The van der Waals surface area contributed by atoms with Crippen LogP contribution in [-0.4, -0.2) is 33.7 Å². The lowest BCUT2D eigenvalue weighted by Gasteiger charge is -2.26. The Morgan fingerprint density at radius 1 is 1.22 bits per heavy atom. The van der Waals surface area contributed by atoms with Gasteiger partial charge in [-0.3, -0.25) is 4.79 Å². The summed E-state index contributed by atoms with van der Waals surface area (Å²) in [4.78, 5) is 24.0. The van der Waals surface area contributed by atoms with Gasteiger partial charge in [-0.1, -0.05) is 18.2 Å². The number of hydrogen-bond acceptors (Lipinski definition) is 3. The second kappa shape index (κ2) is 6.56. The Morgan fingerprint density at radius 2 is 1.87 bits per heavy atom. The van der Waals surface area contributed by atoms with Crippen molar-refractivity contribution in [3.63, 3.8) is 0 Å². The van der Waals surface area contributed by atoms with Gasteiger partial charge in [0, 0.05) is 12.7 Å². The Labute approximate surface area is 134 Å². The summed E-state index contributed by atoms with van der Waals surface area (Å²) < 4.78 is 7.21. The maximum Gasteiger partial charge on any atom is 0.332 e. The van der Waals surface area contributed by atoms with Crippen molar-refractivity contribution in [1.29, 1.82) is 0 Å². The number of hydrogen-bond donors (Lipinski definition) is 2. The van der Waals surface area contributed by atoms with Crippen molar-refractivity contribution >= 4 is 11.9 Å². The van der Waals surface area contributed by atoms with Crippen LogP contribution in [0, 0.1) is 6.92 Å². The lowest BCUT2D eigenvalue weighted by Crippen LogP contribution is -2.56. The third kappa shape index (κ3) is 3.71. The highest BCUT2D eigenvalue weighted by Crippen LogP contribution is 2.14. The molecule has 0 fully saturated rings. The van der Waals surface area contributed by atoms with Gasteiger partial charge in [0.05, 0.1) is 0 Å². The van der Waals surface area contributed by atoms with E-state index in [1.165, 1.54) is 6.92 Å². The number of aryl methyl sites for hydroxylation is 1. The molecule has 0 aliphatic carbocycles. The van der Waals surface area contributed by atoms with Crippen molar-refractivity contribution in [2.75, 3.05) is 6.61 Å². The molecule has 0 saturated carbocycles. The zero-order valence-electron chi connectivity index (χ0n) is 13.4. The van der Waals surface area contributed by atoms with E-state index in [1.807, 2.05) is 13.0 Å². The topological polar surface area (TPSA) is 80.6 Å². The van der Waals surface area contributed by atoms with Crippen LogP contribution in [0.3, 0.4) is 0 Å². The van der Waals surface area contributed by atoms with Gasteiger partial charge in [0.1, 0.15) is 18.1 Å². The zero-order chi connectivity index (χ0) is 17.0. The smallest absolute Gasteiger partial charge is 0.332 e. The number of aliphatic carboxylic acids is 1. The summed E-state index contributed by atoms with van der Waals surface area (Å²) in [5, 5.41) is 12.0. The Bertz CT molecular complexity index is 709. The van der Waals surface area contributed by atoms with Gasteiger partial charge >= 0.3 is 5.97 Å². The largest absolute Gasteiger partial charge is 0.491 e. The second-order valence-corrected chi connectivity index (χ2v) is 5.61. The molecule has 2 rings (SSSR count). The maximum absolute atomic E-state index is 12.4. The fourth-order valence-electron chi connectivity index (χ4n) is 2.05. The van der Waals surface area contributed by atoms with E-state index in [0.717, 1.165) is 5.69 Å². The monoisotopic (exact) mass is 316 g/mol. The molecule has 6 nitrogen and oxygen atoms in total. The molecule has 1 amide bonds. The summed E-state index contributed by atoms with van der Waals surface area (Å²) >= 11 is 0. The Hall–Kier alpha value is -2.76. The third-order valence-corrected chi connectivity index (χ3v) is 3.74. The number of aromatic nitrogens is 1. The molecule has 23 heavy (non-hydrogen) atoms. The lowest BCUT2D eigenvalue weighted by atomic mass is 10.0. The maximum atomic E-state index is 12.4. The van der Waals surface area contributed by atoms with E-state index in [4.69, 9.17) is 4.74 Å². The first-order valence-corrected chi connectivity index (χ1v) is 7.19. The molecule has 1 aromatic carbocycles. The number of benzene rings is 1. The van der Waals surface area contributed by atoms with E-state index >= 15 is 0 Å². The molecule has 122 valence electrons. The molecule has 1 aromatic heterocycles. The summed E-state index contributed by atoms with van der Waals surface area (Å²) in [6, 6.07) is 12.3. The first kappa shape index (κ1) is 16.6. The molecular weight excluding hydrogens is 296 g/mol. The number of carboxylic acids is 1. The van der Waals surface area contributed by atoms with Gasteiger partial charge in [0.15, 0.2) is 5.54 Å². The van der Waals surface area contributed by atoms with Gasteiger partial charge in [-0.2, -0.15) is 0 Å². The number of nitrogens with one attached hydrogen (secondary N) is 1. The summed E-state index contributed by atoms with van der Waals surface area (Å²) in [7, 11) is 1.75. The summed E-state index contributed by atoms with van der Waals surface area (Å²) in [5.74, 6) is -1.07. The van der Waals surface area contributed by atoms with Crippen LogP contribution < -0.4 is 10.1 Å². The number of amides is 1. The van der Waals surface area contributed by atoms with Crippen LogP contribution in [0.15, 0.2) is 42.5 Å². The van der Waals surface area contributed by atoms with E-state index in [-0.39, 0.29) is 6.61 Å². The van der Waals surface area contributed by atoms with Crippen molar-refractivity contribution in [2.45, 2.75) is 19.4 Å². The summed E-state index contributed by atoms with van der Waals surface area (Å²) in [6.45, 7) is 3.11. The normalized spacial score (nSPS) is 13.2. The van der Waals surface area contributed by atoms with Gasteiger partial charge in [-0.25, -0.2) is 4.79 Å². The van der Waals surface area contributed by atoms with Crippen LogP contribution in [0.2, 0.25) is 0 Å². The molecule has 0 aliphatic heterocycles. The van der Waals surface area contributed by atoms with Crippen LogP contribution in [0.4, 0.5) is 0 Å². The first-order chi connectivity index (χ1) is 10.8. The van der Waals surface area contributed by atoms with Gasteiger partial charge < -0.3 is 19.7 Å². The van der Waals surface area contributed by atoms with Crippen molar-refractivity contribution < 1.29 is 19.4 Å². The summed E-state index contributed by atoms with van der Waals surface area (Å²) in [5.41, 5.74) is -0.229. The highest BCUT2D eigenvalue weighted by Gasteiger charge is 2.36. The molecule has 2 aromatic rings. The van der Waals surface area contributed by atoms with E-state index in [9.17, 15) is 14.7 Å². The van der Waals surface area contributed by atoms with Crippen molar-refractivity contribution in [2.24, 2.45) is 7.05 Å². The number of ether oxygens (including phenoxy) is 1. The van der Waals surface area contributed by atoms with Crippen LogP contribution >= 0.6 is 0 Å². The molecule has 0 bridgehead atoms. The van der Waals surface area contributed by atoms with E-state index in [2.05, 4.69) is 5.32 Å². The van der Waals surface area contributed by atoms with Gasteiger partial charge in [0.2, 0.25) is 0 Å². The highest BCUT2D eigenvalue weighted by atomic mass is 16.5. The molecule has 6 heteroatoms. The van der Waals surface area contributed by atoms with E-state index < -0.39 is 17.4 Å². The molecule has 0 unspecified atom stereocenters. The molecule has 1 heterocycles. The number of carboxylic acid groups (broad SMARTS) is 1. The number of nitrogens with zero attached hydrogens (tertiary/aromatic N) is 1. The van der Waals surface area contributed by atoms with Gasteiger partial charge in [0.25, 0.3) is 5.91 Å². The molecule has 0 radical (unpaired) electrons. The third-order valence-electron chi connectivity index (χ3n) is 3.74. The van der Waals surface area contributed by atoms with E-state index in [1.54, 1.807) is 48.0 Å². The zero-order valence-corrected chi connectivity index (χ0v) is 13.4. The van der Waals surface area contributed by atoms with Crippen molar-refractivity contribution in [3.05, 3.63) is 53.9 Å². The minimum atomic E-state index is -1.54. The minimum Gasteiger partial charge on any atom is -0.491 e. The number of para-hydroxylation sites is 1. The quantitative estimate of drug-likeness (QED) is 0.854. The SMILES string of the molecule is Cc1ccc(C(=O)N[C@@](C)(COc2ccccc2)C(=O)O)n1C. The standard InChI is InChI=1S/C17H20N2O4/c1-12-9-10-14(19(12)3)15(20)18-17(2,16(21)22)11-23-13-7-5-4-6-8-13/h4-10H,11H2,1-3H3,(H,18,20)(H,21,22)/t17-/m0/s1. The van der Waals surface area contributed by atoms with Crippen LogP contribution in [0.1, 0.15) is 23.1 Å². The van der Waals surface area contributed by atoms with Gasteiger partial charge in [-0.05, 0) is 38.1 Å². The number of rotatable bonds is 6. The van der Waals surface area contributed by atoms with Crippen molar-refractivity contribution in [1.82, 2.24) is 9.88 Å². The molecular formula is C17H20N2O4. The Kier molecular flexibility index (Phi) is 4.74. The average molecular weight is 316 g/mol. The average Bonchev–Trinajstić information content (AvgIpc) is 2.86. The number of carbonyl (C=O) groups excluding carboxylic acids is 1. The first-order valence-electron chi connectivity index (χ1n) is 7.19. The molecule has 1 atom stereocenters.